The largest absolute Gasteiger partial charge is 0.481 e. The first-order chi connectivity index (χ1) is 6.58. The Kier molecular flexibility index (Phi) is 3.90. The van der Waals surface area contributed by atoms with Crippen molar-refractivity contribution in [2.45, 2.75) is 24.7 Å². The zero-order valence-corrected chi connectivity index (χ0v) is 8.32. The average molecular weight is 218 g/mol. The van der Waals surface area contributed by atoms with Crippen LogP contribution in [0.3, 0.4) is 0 Å². The van der Waals surface area contributed by atoms with Crippen molar-refractivity contribution in [3.63, 3.8) is 0 Å². The lowest BCUT2D eigenvalue weighted by Gasteiger charge is -2.03. The first kappa shape index (κ1) is 11.0. The molecule has 1 heterocycles. The highest BCUT2D eigenvalue weighted by Crippen LogP contribution is 2.17. The number of aryl methyl sites for hydroxylation is 1. The van der Waals surface area contributed by atoms with Gasteiger partial charge in [0.05, 0.1) is 12.5 Å². The van der Waals surface area contributed by atoms with Gasteiger partial charge < -0.3 is 14.6 Å². The molecule has 2 N–H and O–H groups in total. The van der Waals surface area contributed by atoms with E-state index in [1.807, 2.05) is 0 Å². The van der Waals surface area contributed by atoms with Gasteiger partial charge in [0.1, 0.15) is 0 Å². The molecule has 0 amide bonds. The van der Waals surface area contributed by atoms with Gasteiger partial charge in [-0.2, -0.15) is 0 Å². The molecular formula is C7H10N2O4S. The van der Waals surface area contributed by atoms with E-state index in [2.05, 4.69) is 10.2 Å². The van der Waals surface area contributed by atoms with E-state index in [4.69, 9.17) is 9.52 Å². The second-order valence-corrected chi connectivity index (χ2v) is 3.62. The first-order valence-electron chi connectivity index (χ1n) is 3.90. The van der Waals surface area contributed by atoms with Crippen molar-refractivity contribution in [3.05, 3.63) is 5.89 Å². The number of hydrogen-bond acceptors (Lipinski definition) is 6. The van der Waals surface area contributed by atoms with E-state index < -0.39 is 12.1 Å². The van der Waals surface area contributed by atoms with E-state index in [1.165, 1.54) is 0 Å². The maximum atomic E-state index is 10.2. The van der Waals surface area contributed by atoms with Crippen LogP contribution in [0.4, 0.5) is 0 Å². The summed E-state index contributed by atoms with van der Waals surface area (Å²) in [5, 5.41) is 25.2. The van der Waals surface area contributed by atoms with Crippen LogP contribution in [0.2, 0.25) is 0 Å². The third-order valence-electron chi connectivity index (χ3n) is 1.32. The van der Waals surface area contributed by atoms with Gasteiger partial charge in [-0.15, -0.1) is 10.2 Å². The number of nitrogens with zero attached hydrogens (tertiary/aromatic N) is 2. The molecule has 0 bridgehead atoms. The van der Waals surface area contributed by atoms with Crippen LogP contribution in [0.15, 0.2) is 9.64 Å². The summed E-state index contributed by atoms with van der Waals surface area (Å²) in [7, 11) is 0. The topological polar surface area (TPSA) is 96.5 Å². The number of carboxylic acids is 1. The molecule has 0 aliphatic rings. The summed E-state index contributed by atoms with van der Waals surface area (Å²) >= 11 is 1.14. The zero-order valence-electron chi connectivity index (χ0n) is 7.51. The Morgan fingerprint density at radius 1 is 1.64 bits per heavy atom. The van der Waals surface area contributed by atoms with E-state index in [0.717, 1.165) is 11.8 Å². The summed E-state index contributed by atoms with van der Waals surface area (Å²) in [5.41, 5.74) is 0. The van der Waals surface area contributed by atoms with Crippen molar-refractivity contribution in [1.29, 1.82) is 0 Å². The van der Waals surface area contributed by atoms with Crippen LogP contribution in [0.5, 0.6) is 0 Å². The lowest BCUT2D eigenvalue weighted by molar-refractivity contribution is -0.138. The molecule has 0 aliphatic carbocycles. The highest BCUT2D eigenvalue weighted by molar-refractivity contribution is 7.99. The Labute approximate surface area is 84.3 Å². The number of carboxylic acid groups (broad SMARTS) is 1. The fourth-order valence-corrected chi connectivity index (χ4v) is 1.50. The van der Waals surface area contributed by atoms with E-state index in [1.54, 1.807) is 6.92 Å². The van der Waals surface area contributed by atoms with Crippen LogP contribution in [-0.4, -0.2) is 38.2 Å². The fraction of sp³-hybridized carbons (Fsp3) is 0.571. The van der Waals surface area contributed by atoms with Crippen LogP contribution in [-0.2, 0) is 4.79 Å². The molecule has 0 saturated heterocycles. The summed E-state index contributed by atoms with van der Waals surface area (Å²) < 4.78 is 5.02. The SMILES string of the molecule is Cc1nnc(SCC(O)CC(=O)O)o1. The van der Waals surface area contributed by atoms with E-state index in [0.29, 0.717) is 11.1 Å². The first-order valence-corrected chi connectivity index (χ1v) is 4.89. The maximum Gasteiger partial charge on any atom is 0.306 e. The van der Waals surface area contributed by atoms with Crippen LogP contribution in [0.1, 0.15) is 12.3 Å². The van der Waals surface area contributed by atoms with E-state index in [9.17, 15) is 9.90 Å². The second kappa shape index (κ2) is 4.97. The second-order valence-electron chi connectivity index (χ2n) is 2.65. The number of aliphatic hydroxyl groups excluding tert-OH is 1. The number of aromatic nitrogens is 2. The average Bonchev–Trinajstić information content (AvgIpc) is 2.47. The zero-order chi connectivity index (χ0) is 10.6. The number of carbonyl (C=O) groups is 1. The van der Waals surface area contributed by atoms with Gasteiger partial charge in [-0.05, 0) is 0 Å². The van der Waals surface area contributed by atoms with Crippen molar-refractivity contribution in [2.75, 3.05) is 5.75 Å². The van der Waals surface area contributed by atoms with Crippen molar-refractivity contribution < 1.29 is 19.4 Å². The number of hydrogen-bond donors (Lipinski definition) is 2. The lowest BCUT2D eigenvalue weighted by Crippen LogP contribution is -2.15. The molecule has 1 aromatic rings. The molecule has 1 unspecified atom stereocenters. The molecule has 0 aliphatic heterocycles. The molecule has 78 valence electrons. The van der Waals surface area contributed by atoms with Gasteiger partial charge >= 0.3 is 5.97 Å². The summed E-state index contributed by atoms with van der Waals surface area (Å²) in [6, 6.07) is 0. The van der Waals surface area contributed by atoms with Gasteiger partial charge in [-0.25, -0.2) is 0 Å². The monoisotopic (exact) mass is 218 g/mol. The molecular weight excluding hydrogens is 208 g/mol. The molecule has 0 spiro atoms. The smallest absolute Gasteiger partial charge is 0.306 e. The third kappa shape index (κ3) is 3.75. The minimum absolute atomic E-state index is 0.230. The number of aliphatic carboxylic acids is 1. The Morgan fingerprint density at radius 2 is 2.36 bits per heavy atom. The highest BCUT2D eigenvalue weighted by atomic mass is 32.2. The van der Waals surface area contributed by atoms with Crippen LogP contribution >= 0.6 is 11.8 Å². The summed E-state index contributed by atoms with van der Waals surface area (Å²) in [6.07, 6.45) is -1.18. The van der Waals surface area contributed by atoms with Gasteiger partial charge in [0, 0.05) is 12.7 Å². The summed E-state index contributed by atoms with van der Waals surface area (Å²) in [6.45, 7) is 1.66. The number of rotatable bonds is 5. The highest BCUT2D eigenvalue weighted by Gasteiger charge is 2.12. The lowest BCUT2D eigenvalue weighted by atomic mass is 10.3. The molecule has 7 heteroatoms. The standard InChI is InChI=1S/C7H10N2O4S/c1-4-8-9-7(13-4)14-3-5(10)2-6(11)12/h5,10H,2-3H2,1H3,(H,11,12). The van der Waals surface area contributed by atoms with Gasteiger partial charge in [0.25, 0.3) is 5.22 Å². The number of thioether (sulfide) groups is 1. The summed E-state index contributed by atoms with van der Waals surface area (Å²) in [4.78, 5) is 10.2. The van der Waals surface area contributed by atoms with Crippen LogP contribution in [0.25, 0.3) is 0 Å². The molecule has 1 atom stereocenters. The molecule has 0 fully saturated rings. The van der Waals surface area contributed by atoms with Crippen molar-refractivity contribution >= 4 is 17.7 Å². The predicted octanol–water partition coefficient (Wildman–Crippen LogP) is 0.306. The molecule has 0 aromatic carbocycles. The minimum Gasteiger partial charge on any atom is -0.481 e. The molecule has 1 rings (SSSR count). The molecule has 14 heavy (non-hydrogen) atoms. The van der Waals surface area contributed by atoms with Crippen molar-refractivity contribution in [2.24, 2.45) is 0 Å². The molecule has 0 saturated carbocycles. The minimum atomic E-state index is -1.03. The Morgan fingerprint density at radius 3 is 2.86 bits per heavy atom. The third-order valence-corrected chi connectivity index (χ3v) is 2.28. The normalized spacial score (nSPS) is 12.7. The Bertz CT molecular complexity index is 314. The summed E-state index contributed by atoms with van der Waals surface area (Å²) in [5.74, 6) is -0.353. The van der Waals surface area contributed by atoms with Crippen LogP contribution in [0, 0.1) is 6.92 Å². The molecule has 0 radical (unpaired) electrons. The van der Waals surface area contributed by atoms with Gasteiger partial charge in [-0.1, -0.05) is 11.8 Å². The van der Waals surface area contributed by atoms with E-state index >= 15 is 0 Å². The number of aliphatic hydroxyl groups is 1. The molecule has 6 nitrogen and oxygen atoms in total. The Hall–Kier alpha value is -1.08. The van der Waals surface area contributed by atoms with Gasteiger partial charge in [-0.3, -0.25) is 4.79 Å². The molecule has 1 aromatic heterocycles. The van der Waals surface area contributed by atoms with Gasteiger partial charge in [0.2, 0.25) is 5.89 Å². The Balaban J connectivity index is 2.30. The fourth-order valence-electron chi connectivity index (χ4n) is 0.765. The van der Waals surface area contributed by atoms with Gasteiger partial charge in [0.15, 0.2) is 0 Å². The maximum absolute atomic E-state index is 10.2. The van der Waals surface area contributed by atoms with Crippen molar-refractivity contribution in [3.8, 4) is 0 Å². The predicted molar refractivity (Wildman–Crippen MR) is 48.0 cm³/mol. The quantitative estimate of drug-likeness (QED) is 0.686. The van der Waals surface area contributed by atoms with Crippen LogP contribution < -0.4 is 0 Å². The van der Waals surface area contributed by atoms with Crippen molar-refractivity contribution in [1.82, 2.24) is 10.2 Å². The van der Waals surface area contributed by atoms with E-state index in [-0.39, 0.29) is 12.2 Å².